The van der Waals surface area contributed by atoms with E-state index in [0.29, 0.717) is 11.4 Å². The summed E-state index contributed by atoms with van der Waals surface area (Å²) in [7, 11) is 0. The molecule has 7 nitrogen and oxygen atoms in total. The number of nitrogens with zero attached hydrogens (tertiary/aromatic N) is 3. The van der Waals surface area contributed by atoms with Gasteiger partial charge in [-0.1, -0.05) is 35.0 Å². The Balaban J connectivity index is 2.11. The van der Waals surface area contributed by atoms with Crippen LogP contribution in [0.25, 0.3) is 0 Å². The molecule has 2 aromatic rings. The Morgan fingerprint density at radius 3 is 2.50 bits per heavy atom. The number of amides is 1. The van der Waals surface area contributed by atoms with Crippen LogP contribution in [0, 0.1) is 24.0 Å². The molecule has 0 spiro atoms. The first-order valence-electron chi connectivity index (χ1n) is 7.56. The zero-order valence-electron chi connectivity index (χ0n) is 13.7. The van der Waals surface area contributed by atoms with Crippen molar-refractivity contribution in [3.8, 4) is 0 Å². The van der Waals surface area contributed by atoms with Crippen molar-refractivity contribution in [1.82, 2.24) is 15.1 Å². The number of rotatable bonds is 6. The molecular weight excluding hydrogens is 376 g/mol. The first kappa shape index (κ1) is 18.1. The molecule has 1 atom stereocenters. The Kier molecular flexibility index (Phi) is 5.71. The molecule has 0 saturated heterocycles. The second kappa shape index (κ2) is 7.57. The van der Waals surface area contributed by atoms with E-state index >= 15 is 0 Å². The molecule has 2 rings (SSSR count). The maximum Gasteiger partial charge on any atom is 0.312 e. The van der Waals surface area contributed by atoms with E-state index in [9.17, 15) is 14.9 Å². The topological polar surface area (TPSA) is 90.1 Å². The molecule has 24 heavy (non-hydrogen) atoms. The third kappa shape index (κ3) is 4.00. The quantitative estimate of drug-likeness (QED) is 0.599. The second-order valence-corrected chi connectivity index (χ2v) is 6.43. The van der Waals surface area contributed by atoms with Gasteiger partial charge in [0, 0.05) is 4.47 Å². The molecule has 0 fully saturated rings. The average Bonchev–Trinajstić information content (AvgIpc) is 2.80. The summed E-state index contributed by atoms with van der Waals surface area (Å²) in [5.74, 6) is -0.231. The molecule has 8 heteroatoms. The molecule has 1 amide bonds. The number of aryl methyl sites for hydroxylation is 1. The molecular formula is C16H19BrN4O3. The van der Waals surface area contributed by atoms with Gasteiger partial charge in [0.25, 0.3) is 0 Å². The minimum Gasteiger partial charge on any atom is -0.348 e. The smallest absolute Gasteiger partial charge is 0.312 e. The molecule has 1 N–H and O–H groups in total. The van der Waals surface area contributed by atoms with Crippen LogP contribution in [0.1, 0.15) is 36.3 Å². The van der Waals surface area contributed by atoms with E-state index in [1.807, 2.05) is 31.2 Å². The fourth-order valence-corrected chi connectivity index (χ4v) is 2.86. The van der Waals surface area contributed by atoms with Crippen molar-refractivity contribution in [1.29, 1.82) is 0 Å². The Morgan fingerprint density at radius 1 is 1.38 bits per heavy atom. The van der Waals surface area contributed by atoms with E-state index in [0.717, 1.165) is 16.5 Å². The Labute approximate surface area is 148 Å². The highest BCUT2D eigenvalue weighted by molar-refractivity contribution is 9.10. The van der Waals surface area contributed by atoms with Gasteiger partial charge in [-0.2, -0.15) is 5.10 Å². The lowest BCUT2D eigenvalue weighted by Crippen LogP contribution is -2.31. The summed E-state index contributed by atoms with van der Waals surface area (Å²) in [6.45, 7) is 5.10. The predicted octanol–water partition coefficient (Wildman–Crippen LogP) is 3.44. The highest BCUT2D eigenvalue weighted by Gasteiger charge is 2.23. The van der Waals surface area contributed by atoms with Crippen molar-refractivity contribution in [3.63, 3.8) is 0 Å². The number of nitro groups is 1. The summed E-state index contributed by atoms with van der Waals surface area (Å²) < 4.78 is 2.35. The fraction of sp³-hybridized carbons (Fsp3) is 0.375. The van der Waals surface area contributed by atoms with Crippen molar-refractivity contribution in [2.75, 3.05) is 0 Å². The van der Waals surface area contributed by atoms with Gasteiger partial charge in [-0.05, 0) is 38.0 Å². The molecule has 0 aliphatic rings. The molecule has 0 aliphatic heterocycles. The Morgan fingerprint density at radius 2 is 2.00 bits per heavy atom. The van der Waals surface area contributed by atoms with Crippen LogP contribution in [0.5, 0.6) is 0 Å². The minimum absolute atomic E-state index is 0.0391. The lowest BCUT2D eigenvalue weighted by molar-refractivity contribution is -0.386. The Bertz CT molecular complexity index is 755. The number of carbonyl (C=O) groups excluding carboxylic acids is 1. The zero-order valence-corrected chi connectivity index (χ0v) is 15.3. The number of aromatic nitrogens is 2. The van der Waals surface area contributed by atoms with Crippen molar-refractivity contribution in [3.05, 3.63) is 55.8 Å². The van der Waals surface area contributed by atoms with Crippen molar-refractivity contribution < 1.29 is 9.72 Å². The van der Waals surface area contributed by atoms with Gasteiger partial charge in [-0.15, -0.1) is 0 Å². The van der Waals surface area contributed by atoms with Crippen LogP contribution in [0.4, 0.5) is 5.69 Å². The molecule has 1 unspecified atom stereocenters. The zero-order chi connectivity index (χ0) is 17.9. The van der Waals surface area contributed by atoms with Crippen LogP contribution >= 0.6 is 15.9 Å². The van der Waals surface area contributed by atoms with E-state index in [2.05, 4.69) is 26.3 Å². The van der Waals surface area contributed by atoms with Gasteiger partial charge in [0.1, 0.15) is 17.9 Å². The number of benzene rings is 1. The summed E-state index contributed by atoms with van der Waals surface area (Å²) in [6.07, 6.45) is 0.741. The largest absolute Gasteiger partial charge is 0.348 e. The summed E-state index contributed by atoms with van der Waals surface area (Å²) in [6, 6.07) is 7.64. The highest BCUT2D eigenvalue weighted by Crippen LogP contribution is 2.22. The highest BCUT2D eigenvalue weighted by atomic mass is 79.9. The molecule has 0 aliphatic carbocycles. The monoisotopic (exact) mass is 394 g/mol. The van der Waals surface area contributed by atoms with E-state index < -0.39 is 4.92 Å². The van der Waals surface area contributed by atoms with E-state index in [-0.39, 0.29) is 24.2 Å². The summed E-state index contributed by atoms with van der Waals surface area (Å²) in [5.41, 5.74) is 1.66. The predicted molar refractivity (Wildman–Crippen MR) is 93.7 cm³/mol. The van der Waals surface area contributed by atoms with Gasteiger partial charge in [0.05, 0.1) is 11.0 Å². The summed E-state index contributed by atoms with van der Waals surface area (Å²) in [4.78, 5) is 22.9. The molecule has 0 saturated carbocycles. The van der Waals surface area contributed by atoms with Crippen LogP contribution in [-0.4, -0.2) is 20.6 Å². The van der Waals surface area contributed by atoms with Crippen molar-refractivity contribution in [2.24, 2.45) is 0 Å². The molecule has 0 radical (unpaired) electrons. The number of carbonyl (C=O) groups is 1. The third-order valence-corrected chi connectivity index (χ3v) is 4.36. The Hall–Kier alpha value is -2.22. The molecule has 128 valence electrons. The fourth-order valence-electron chi connectivity index (χ4n) is 2.60. The first-order chi connectivity index (χ1) is 11.3. The van der Waals surface area contributed by atoms with Crippen LogP contribution in [0.15, 0.2) is 28.7 Å². The van der Waals surface area contributed by atoms with Gasteiger partial charge in [-0.25, -0.2) is 0 Å². The number of halogens is 1. The summed E-state index contributed by atoms with van der Waals surface area (Å²) >= 11 is 3.39. The number of hydrogen-bond donors (Lipinski definition) is 1. The van der Waals surface area contributed by atoms with Crippen LogP contribution in [0.3, 0.4) is 0 Å². The summed E-state index contributed by atoms with van der Waals surface area (Å²) in [5, 5.41) is 18.1. The normalized spacial score (nSPS) is 12.0. The maximum atomic E-state index is 12.3. The molecule has 1 heterocycles. The second-order valence-electron chi connectivity index (χ2n) is 5.51. The lowest BCUT2D eigenvalue weighted by atomic mass is 10.0. The van der Waals surface area contributed by atoms with Gasteiger partial charge >= 0.3 is 5.69 Å². The lowest BCUT2D eigenvalue weighted by Gasteiger charge is -2.17. The minimum atomic E-state index is -0.469. The van der Waals surface area contributed by atoms with Gasteiger partial charge in [-0.3, -0.25) is 19.6 Å². The van der Waals surface area contributed by atoms with E-state index in [1.54, 1.807) is 13.8 Å². The van der Waals surface area contributed by atoms with E-state index in [4.69, 9.17) is 0 Å². The van der Waals surface area contributed by atoms with Gasteiger partial charge in [0.15, 0.2) is 0 Å². The van der Waals surface area contributed by atoms with Crippen LogP contribution < -0.4 is 5.32 Å². The average molecular weight is 395 g/mol. The molecule has 1 aromatic heterocycles. The standard InChI is InChI=1S/C16H19BrN4O3/c1-4-14(12-5-7-13(17)8-6-12)18-15(22)9-20-11(3)16(21(23)24)10(2)19-20/h5-8,14H,4,9H2,1-3H3,(H,18,22). The molecule has 1 aromatic carbocycles. The van der Waals surface area contributed by atoms with Gasteiger partial charge in [0.2, 0.25) is 5.91 Å². The molecule has 0 bridgehead atoms. The third-order valence-electron chi connectivity index (χ3n) is 3.84. The van der Waals surface area contributed by atoms with Crippen molar-refractivity contribution in [2.45, 2.75) is 39.8 Å². The number of hydrogen-bond acceptors (Lipinski definition) is 4. The van der Waals surface area contributed by atoms with Crippen LogP contribution in [-0.2, 0) is 11.3 Å². The van der Waals surface area contributed by atoms with Crippen molar-refractivity contribution >= 4 is 27.5 Å². The maximum absolute atomic E-state index is 12.3. The van der Waals surface area contributed by atoms with Crippen LogP contribution in [0.2, 0.25) is 0 Å². The van der Waals surface area contributed by atoms with E-state index in [1.165, 1.54) is 4.68 Å². The number of nitrogens with one attached hydrogen (secondary N) is 1. The first-order valence-corrected chi connectivity index (χ1v) is 8.36. The SMILES string of the molecule is CCC(NC(=O)Cn1nc(C)c([N+](=O)[O-])c1C)c1ccc(Br)cc1. The van der Waals surface area contributed by atoms with Gasteiger partial charge < -0.3 is 5.32 Å².